The number of nitrogens with zero attached hydrogens (tertiary/aromatic N) is 1. The van der Waals surface area contributed by atoms with Gasteiger partial charge in [0.15, 0.2) is 0 Å². The highest BCUT2D eigenvalue weighted by Gasteiger charge is 2.25. The molecule has 0 radical (unpaired) electrons. The quantitative estimate of drug-likeness (QED) is 0.852. The van der Waals surface area contributed by atoms with Crippen LogP contribution in [0.3, 0.4) is 0 Å². The van der Waals surface area contributed by atoms with Crippen LogP contribution in [0.2, 0.25) is 0 Å². The van der Waals surface area contributed by atoms with Crippen LogP contribution in [-0.2, 0) is 11.3 Å². The number of halogens is 2. The molecule has 0 aliphatic carbocycles. The van der Waals surface area contributed by atoms with Crippen molar-refractivity contribution in [3.63, 3.8) is 0 Å². The van der Waals surface area contributed by atoms with Gasteiger partial charge in [0.2, 0.25) is 5.91 Å². The highest BCUT2D eigenvalue weighted by atomic mass is 35.5. The Morgan fingerprint density at radius 2 is 1.92 bits per heavy atom. The molecular weight excluding hydrogens is 345 g/mol. The minimum Gasteiger partial charge on any atom is -0.351 e. The van der Waals surface area contributed by atoms with Gasteiger partial charge in [0, 0.05) is 19.1 Å². The number of amides is 1. The molecule has 0 bridgehead atoms. The highest BCUT2D eigenvalue weighted by molar-refractivity contribution is 5.85. The summed E-state index contributed by atoms with van der Waals surface area (Å²) in [6.45, 7) is 4.05. The van der Waals surface area contributed by atoms with Crippen molar-refractivity contribution in [2.75, 3.05) is 19.6 Å². The van der Waals surface area contributed by atoms with E-state index in [1.807, 2.05) is 0 Å². The predicted octanol–water partition coefficient (Wildman–Crippen LogP) is 2.75. The second-order valence-electron chi connectivity index (χ2n) is 6.57. The maximum absolute atomic E-state index is 12.3. The van der Waals surface area contributed by atoms with E-state index in [-0.39, 0.29) is 36.8 Å². The summed E-state index contributed by atoms with van der Waals surface area (Å²) in [6.07, 6.45) is 5.60. The van der Waals surface area contributed by atoms with E-state index in [2.05, 4.69) is 45.9 Å². The molecule has 1 amide bonds. The second kappa shape index (κ2) is 10.9. The smallest absolute Gasteiger partial charge is 0.237 e. The Morgan fingerprint density at radius 3 is 2.62 bits per heavy atom. The van der Waals surface area contributed by atoms with E-state index in [0.717, 1.165) is 51.9 Å². The summed E-state index contributed by atoms with van der Waals surface area (Å²) in [5.41, 5.74) is 1.35. The van der Waals surface area contributed by atoms with Crippen molar-refractivity contribution in [1.82, 2.24) is 15.5 Å². The Balaban J connectivity index is 0.00000144. The summed E-state index contributed by atoms with van der Waals surface area (Å²) < 4.78 is 0. The third-order valence-electron chi connectivity index (χ3n) is 4.73. The van der Waals surface area contributed by atoms with Crippen molar-refractivity contribution in [2.24, 2.45) is 0 Å². The summed E-state index contributed by atoms with van der Waals surface area (Å²) in [4.78, 5) is 14.8. The average Bonchev–Trinajstić information content (AvgIpc) is 2.57. The van der Waals surface area contributed by atoms with Gasteiger partial charge in [0.1, 0.15) is 0 Å². The van der Waals surface area contributed by atoms with Gasteiger partial charge in [-0.1, -0.05) is 36.8 Å². The summed E-state index contributed by atoms with van der Waals surface area (Å²) >= 11 is 0. The summed E-state index contributed by atoms with van der Waals surface area (Å²) in [6, 6.07) is 10.9. The SMILES string of the molecule is Cl.Cl.O=C(NC1CCCN(Cc2ccccc2)C1)[C@H]1CCCCN1. The lowest BCUT2D eigenvalue weighted by molar-refractivity contribution is -0.124. The predicted molar refractivity (Wildman–Crippen MR) is 103 cm³/mol. The van der Waals surface area contributed by atoms with Crippen LogP contribution in [-0.4, -0.2) is 42.5 Å². The Kier molecular flexibility index (Phi) is 9.67. The standard InChI is InChI=1S/C18H27N3O.2ClH/c22-18(17-10-4-5-11-19-17)20-16-9-6-12-21(14-16)13-15-7-2-1-3-8-15;;/h1-3,7-8,16-17,19H,4-6,9-14H2,(H,20,22);2*1H/t16?,17-;;/m1../s1. The zero-order valence-electron chi connectivity index (χ0n) is 14.1. The van der Waals surface area contributed by atoms with E-state index in [1.165, 1.54) is 12.0 Å². The number of carbonyl (C=O) groups excluding carboxylic acids is 1. The van der Waals surface area contributed by atoms with E-state index in [9.17, 15) is 4.79 Å². The lowest BCUT2D eigenvalue weighted by atomic mass is 10.0. The van der Waals surface area contributed by atoms with E-state index in [0.29, 0.717) is 6.04 Å². The summed E-state index contributed by atoms with van der Waals surface area (Å²) in [5.74, 6) is 0.200. The van der Waals surface area contributed by atoms with Crippen LogP contribution in [0.25, 0.3) is 0 Å². The monoisotopic (exact) mass is 373 g/mol. The maximum Gasteiger partial charge on any atom is 0.237 e. The first-order valence-corrected chi connectivity index (χ1v) is 8.61. The van der Waals surface area contributed by atoms with Gasteiger partial charge in [-0.3, -0.25) is 9.69 Å². The number of piperidine rings is 2. The molecule has 0 saturated carbocycles. The van der Waals surface area contributed by atoms with Crippen molar-refractivity contribution in [2.45, 2.75) is 50.7 Å². The van der Waals surface area contributed by atoms with Crippen molar-refractivity contribution in [3.05, 3.63) is 35.9 Å². The Bertz CT molecular complexity index is 480. The number of likely N-dealkylation sites (tertiary alicyclic amines) is 1. The molecule has 0 spiro atoms. The van der Waals surface area contributed by atoms with Crippen LogP contribution in [0.1, 0.15) is 37.7 Å². The summed E-state index contributed by atoms with van der Waals surface area (Å²) in [5, 5.41) is 6.60. The molecule has 3 rings (SSSR count). The lowest BCUT2D eigenvalue weighted by Gasteiger charge is -2.34. The van der Waals surface area contributed by atoms with Gasteiger partial charge in [-0.2, -0.15) is 0 Å². The highest BCUT2D eigenvalue weighted by Crippen LogP contribution is 2.14. The molecule has 1 unspecified atom stereocenters. The first-order valence-electron chi connectivity index (χ1n) is 8.61. The van der Waals surface area contributed by atoms with Crippen LogP contribution < -0.4 is 10.6 Å². The van der Waals surface area contributed by atoms with Crippen LogP contribution >= 0.6 is 24.8 Å². The van der Waals surface area contributed by atoms with Gasteiger partial charge in [-0.15, -0.1) is 24.8 Å². The Morgan fingerprint density at radius 1 is 1.12 bits per heavy atom. The Labute approximate surface area is 157 Å². The molecule has 2 saturated heterocycles. The molecule has 0 aromatic heterocycles. The number of benzene rings is 1. The number of hydrogen-bond acceptors (Lipinski definition) is 3. The molecule has 2 atom stereocenters. The zero-order valence-corrected chi connectivity index (χ0v) is 15.7. The lowest BCUT2D eigenvalue weighted by Crippen LogP contribution is -2.53. The largest absolute Gasteiger partial charge is 0.351 e. The van der Waals surface area contributed by atoms with E-state index in [1.54, 1.807) is 0 Å². The molecule has 2 aliphatic heterocycles. The number of hydrogen-bond donors (Lipinski definition) is 2. The first-order chi connectivity index (χ1) is 10.8. The van der Waals surface area contributed by atoms with Gasteiger partial charge < -0.3 is 10.6 Å². The summed E-state index contributed by atoms with van der Waals surface area (Å²) in [7, 11) is 0. The average molecular weight is 374 g/mol. The molecule has 1 aromatic carbocycles. The van der Waals surface area contributed by atoms with Gasteiger partial charge >= 0.3 is 0 Å². The topological polar surface area (TPSA) is 44.4 Å². The van der Waals surface area contributed by atoms with Gasteiger partial charge in [0.25, 0.3) is 0 Å². The maximum atomic E-state index is 12.3. The Hall–Kier alpha value is -0.810. The van der Waals surface area contributed by atoms with Crippen molar-refractivity contribution < 1.29 is 4.79 Å². The van der Waals surface area contributed by atoms with E-state index < -0.39 is 0 Å². The fraction of sp³-hybridized carbons (Fsp3) is 0.611. The molecular formula is C18H29Cl2N3O. The normalized spacial score (nSPS) is 24.3. The van der Waals surface area contributed by atoms with Crippen LogP contribution in [0.5, 0.6) is 0 Å². The van der Waals surface area contributed by atoms with E-state index in [4.69, 9.17) is 0 Å². The number of nitrogens with one attached hydrogen (secondary N) is 2. The van der Waals surface area contributed by atoms with E-state index >= 15 is 0 Å². The minimum atomic E-state index is 0. The number of rotatable bonds is 4. The molecule has 4 nitrogen and oxygen atoms in total. The van der Waals surface area contributed by atoms with Crippen molar-refractivity contribution >= 4 is 30.7 Å². The minimum absolute atomic E-state index is 0. The van der Waals surface area contributed by atoms with Crippen LogP contribution in [0.4, 0.5) is 0 Å². The van der Waals surface area contributed by atoms with Crippen molar-refractivity contribution in [1.29, 1.82) is 0 Å². The number of carbonyl (C=O) groups is 1. The van der Waals surface area contributed by atoms with Crippen LogP contribution in [0.15, 0.2) is 30.3 Å². The zero-order chi connectivity index (χ0) is 15.2. The molecule has 24 heavy (non-hydrogen) atoms. The molecule has 2 heterocycles. The van der Waals surface area contributed by atoms with Gasteiger partial charge in [0.05, 0.1) is 6.04 Å². The molecule has 6 heteroatoms. The molecule has 2 fully saturated rings. The molecule has 2 aliphatic rings. The van der Waals surface area contributed by atoms with Gasteiger partial charge in [-0.25, -0.2) is 0 Å². The molecule has 1 aromatic rings. The fourth-order valence-corrected chi connectivity index (χ4v) is 3.54. The van der Waals surface area contributed by atoms with Crippen molar-refractivity contribution in [3.8, 4) is 0 Å². The third kappa shape index (κ3) is 6.25. The van der Waals surface area contributed by atoms with Gasteiger partial charge in [-0.05, 0) is 44.3 Å². The molecule has 2 N–H and O–H groups in total. The third-order valence-corrected chi connectivity index (χ3v) is 4.73. The van der Waals surface area contributed by atoms with Crippen LogP contribution in [0, 0.1) is 0 Å². The second-order valence-corrected chi connectivity index (χ2v) is 6.57. The first kappa shape index (κ1) is 21.2. The fourth-order valence-electron chi connectivity index (χ4n) is 3.54. The molecule has 136 valence electrons.